The molecular weight excluding hydrogens is 362 g/mol. The van der Waals surface area contributed by atoms with E-state index in [-0.39, 0.29) is 5.91 Å². The van der Waals surface area contributed by atoms with Crippen molar-refractivity contribution in [1.29, 1.82) is 0 Å². The Labute approximate surface area is 163 Å². The van der Waals surface area contributed by atoms with Crippen molar-refractivity contribution >= 4 is 29.7 Å². The fourth-order valence-corrected chi connectivity index (χ4v) is 2.63. The summed E-state index contributed by atoms with van der Waals surface area (Å²) >= 11 is 1.65. The van der Waals surface area contributed by atoms with Crippen LogP contribution < -0.4 is 10.1 Å². The predicted molar refractivity (Wildman–Crippen MR) is 108 cm³/mol. The first kappa shape index (κ1) is 20.6. The van der Waals surface area contributed by atoms with Gasteiger partial charge in [-0.1, -0.05) is 24.3 Å². The van der Waals surface area contributed by atoms with Gasteiger partial charge in [0, 0.05) is 17.5 Å². The predicted octanol–water partition coefficient (Wildman–Crippen LogP) is 3.68. The number of thioether (sulfide) groups is 1. The summed E-state index contributed by atoms with van der Waals surface area (Å²) < 4.78 is 10.2. The number of nitrogens with one attached hydrogen (secondary N) is 1. The number of esters is 1. The van der Waals surface area contributed by atoms with E-state index in [2.05, 4.69) is 5.32 Å². The first-order chi connectivity index (χ1) is 13.0. The van der Waals surface area contributed by atoms with Gasteiger partial charge in [-0.15, -0.1) is 11.8 Å². The Bertz CT molecular complexity index is 785. The SMILES string of the molecule is COc1ccc(CNC(=O)[C@@H](C)OC(=O)/C=C/c2ccc(SC)cc2)cc1. The second kappa shape index (κ2) is 10.4. The van der Waals surface area contributed by atoms with E-state index in [1.165, 1.54) is 6.08 Å². The van der Waals surface area contributed by atoms with Gasteiger partial charge in [0.1, 0.15) is 5.75 Å². The van der Waals surface area contributed by atoms with E-state index in [1.54, 1.807) is 31.9 Å². The lowest BCUT2D eigenvalue weighted by Gasteiger charge is -2.12. The van der Waals surface area contributed by atoms with Crippen molar-refractivity contribution < 1.29 is 19.1 Å². The molecule has 27 heavy (non-hydrogen) atoms. The molecule has 2 rings (SSSR count). The number of hydrogen-bond acceptors (Lipinski definition) is 5. The highest BCUT2D eigenvalue weighted by molar-refractivity contribution is 7.98. The minimum atomic E-state index is -0.876. The number of amides is 1. The van der Waals surface area contributed by atoms with Gasteiger partial charge >= 0.3 is 5.97 Å². The minimum Gasteiger partial charge on any atom is -0.497 e. The van der Waals surface area contributed by atoms with Gasteiger partial charge < -0.3 is 14.8 Å². The van der Waals surface area contributed by atoms with Gasteiger partial charge in [-0.25, -0.2) is 4.79 Å². The average Bonchev–Trinajstić information content (AvgIpc) is 2.71. The van der Waals surface area contributed by atoms with Crippen LogP contribution in [0, 0.1) is 0 Å². The molecule has 0 heterocycles. The number of carbonyl (C=O) groups is 2. The molecule has 1 amide bonds. The van der Waals surface area contributed by atoms with E-state index in [9.17, 15) is 9.59 Å². The molecule has 142 valence electrons. The molecule has 0 aliphatic rings. The topological polar surface area (TPSA) is 64.6 Å². The molecule has 0 saturated carbocycles. The van der Waals surface area contributed by atoms with Crippen molar-refractivity contribution in [3.63, 3.8) is 0 Å². The molecule has 0 fully saturated rings. The first-order valence-corrected chi connectivity index (χ1v) is 9.67. The van der Waals surface area contributed by atoms with Crippen molar-refractivity contribution in [2.45, 2.75) is 24.5 Å². The zero-order chi connectivity index (χ0) is 19.6. The second-order valence-corrected chi connectivity index (χ2v) is 6.63. The van der Waals surface area contributed by atoms with Gasteiger partial charge in [0.15, 0.2) is 6.10 Å². The highest BCUT2D eigenvalue weighted by Crippen LogP contribution is 2.15. The number of methoxy groups -OCH3 is 1. The van der Waals surface area contributed by atoms with Crippen LogP contribution >= 0.6 is 11.8 Å². The van der Waals surface area contributed by atoms with Crippen LogP contribution in [0.1, 0.15) is 18.1 Å². The van der Waals surface area contributed by atoms with Crippen molar-refractivity contribution in [3.05, 3.63) is 65.7 Å². The number of carbonyl (C=O) groups excluding carboxylic acids is 2. The van der Waals surface area contributed by atoms with Gasteiger partial charge in [0.25, 0.3) is 5.91 Å². The molecule has 5 nitrogen and oxygen atoms in total. The zero-order valence-electron chi connectivity index (χ0n) is 15.6. The van der Waals surface area contributed by atoms with Gasteiger partial charge in [-0.2, -0.15) is 0 Å². The zero-order valence-corrected chi connectivity index (χ0v) is 16.4. The Morgan fingerprint density at radius 2 is 1.78 bits per heavy atom. The monoisotopic (exact) mass is 385 g/mol. The maximum absolute atomic E-state index is 12.1. The Hall–Kier alpha value is -2.73. The second-order valence-electron chi connectivity index (χ2n) is 5.75. The molecule has 0 unspecified atom stereocenters. The molecule has 0 spiro atoms. The highest BCUT2D eigenvalue weighted by atomic mass is 32.2. The molecule has 2 aromatic carbocycles. The number of rotatable bonds is 8. The number of ether oxygens (including phenoxy) is 2. The van der Waals surface area contributed by atoms with Crippen LogP contribution in [0.5, 0.6) is 5.75 Å². The molecule has 0 aromatic heterocycles. The molecule has 0 aliphatic carbocycles. The fraction of sp³-hybridized carbons (Fsp3) is 0.238. The van der Waals surface area contributed by atoms with Gasteiger partial charge in [0.05, 0.1) is 7.11 Å². The van der Waals surface area contributed by atoms with Crippen LogP contribution in [0.3, 0.4) is 0 Å². The summed E-state index contributed by atoms with van der Waals surface area (Å²) in [5.41, 5.74) is 1.82. The lowest BCUT2D eigenvalue weighted by molar-refractivity contribution is -0.150. The van der Waals surface area contributed by atoms with Crippen LogP contribution in [-0.2, 0) is 20.9 Å². The minimum absolute atomic E-state index is 0.350. The van der Waals surface area contributed by atoms with Crippen molar-refractivity contribution in [2.75, 3.05) is 13.4 Å². The molecule has 0 aliphatic heterocycles. The average molecular weight is 385 g/mol. The van der Waals surface area contributed by atoms with E-state index in [1.807, 2.05) is 54.8 Å². The summed E-state index contributed by atoms with van der Waals surface area (Å²) in [6.07, 6.45) is 4.11. The molecule has 1 N–H and O–H groups in total. The number of benzene rings is 2. The molecular formula is C21H23NO4S. The van der Waals surface area contributed by atoms with Crippen molar-refractivity contribution in [2.24, 2.45) is 0 Å². The smallest absolute Gasteiger partial charge is 0.331 e. The lowest BCUT2D eigenvalue weighted by Crippen LogP contribution is -2.35. The van der Waals surface area contributed by atoms with Gasteiger partial charge in [-0.05, 0) is 54.6 Å². The summed E-state index contributed by atoms with van der Waals surface area (Å²) in [4.78, 5) is 25.1. The molecule has 2 aromatic rings. The Morgan fingerprint density at radius 1 is 1.11 bits per heavy atom. The van der Waals surface area contributed by atoms with E-state index in [4.69, 9.17) is 9.47 Å². The third-order valence-corrected chi connectivity index (χ3v) is 4.56. The van der Waals surface area contributed by atoms with Crippen LogP contribution in [0.15, 0.2) is 59.5 Å². The molecule has 1 atom stereocenters. The van der Waals surface area contributed by atoms with E-state index in [0.29, 0.717) is 6.54 Å². The maximum atomic E-state index is 12.1. The van der Waals surface area contributed by atoms with Crippen molar-refractivity contribution in [1.82, 2.24) is 5.32 Å². The summed E-state index contributed by atoms with van der Waals surface area (Å²) in [5.74, 6) is -0.157. The highest BCUT2D eigenvalue weighted by Gasteiger charge is 2.16. The number of hydrogen-bond donors (Lipinski definition) is 1. The summed E-state index contributed by atoms with van der Waals surface area (Å²) in [6.45, 7) is 1.89. The molecule has 6 heteroatoms. The fourth-order valence-electron chi connectivity index (χ4n) is 2.22. The van der Waals surface area contributed by atoms with E-state index >= 15 is 0 Å². The molecule has 0 bridgehead atoms. The third kappa shape index (κ3) is 6.83. The van der Waals surface area contributed by atoms with Crippen LogP contribution in [0.25, 0.3) is 6.08 Å². The molecule has 0 saturated heterocycles. The standard InChI is InChI=1S/C21H23NO4S/c1-15(21(24)22-14-17-4-9-18(25-2)10-5-17)26-20(23)13-8-16-6-11-19(27-3)12-7-16/h4-13,15H,14H2,1-3H3,(H,22,24)/b13-8+/t15-/m1/s1. The van der Waals surface area contributed by atoms with Crippen LogP contribution in [0.2, 0.25) is 0 Å². The Morgan fingerprint density at radius 3 is 2.37 bits per heavy atom. The third-order valence-electron chi connectivity index (χ3n) is 3.82. The van der Waals surface area contributed by atoms with E-state index in [0.717, 1.165) is 21.8 Å². The summed E-state index contributed by atoms with van der Waals surface area (Å²) in [7, 11) is 1.60. The van der Waals surface area contributed by atoms with Crippen LogP contribution in [-0.4, -0.2) is 31.3 Å². The van der Waals surface area contributed by atoms with E-state index < -0.39 is 12.1 Å². The lowest BCUT2D eigenvalue weighted by atomic mass is 10.2. The van der Waals surface area contributed by atoms with Gasteiger partial charge in [0.2, 0.25) is 0 Å². The van der Waals surface area contributed by atoms with Crippen molar-refractivity contribution in [3.8, 4) is 5.75 Å². The normalized spacial score (nSPS) is 11.8. The van der Waals surface area contributed by atoms with Gasteiger partial charge in [-0.3, -0.25) is 4.79 Å². The van der Waals surface area contributed by atoms with Crippen LogP contribution in [0.4, 0.5) is 0 Å². The molecule has 0 radical (unpaired) electrons. The Balaban J connectivity index is 1.79. The summed E-state index contributed by atoms with van der Waals surface area (Å²) in [5, 5.41) is 2.74. The largest absolute Gasteiger partial charge is 0.497 e. The quantitative estimate of drug-likeness (QED) is 0.427. The summed E-state index contributed by atoms with van der Waals surface area (Å²) in [6, 6.07) is 15.2. The maximum Gasteiger partial charge on any atom is 0.331 e. The first-order valence-electron chi connectivity index (χ1n) is 8.45. The Kier molecular flexibility index (Phi) is 7.95.